The van der Waals surface area contributed by atoms with Gasteiger partial charge in [-0.3, -0.25) is 9.48 Å². The Morgan fingerprint density at radius 3 is 2.55 bits per heavy atom. The molecule has 0 atom stereocenters. The van der Waals surface area contributed by atoms with E-state index in [0.29, 0.717) is 5.69 Å². The Balaban J connectivity index is 2.09. The lowest BCUT2D eigenvalue weighted by atomic mass is 10.2. The van der Waals surface area contributed by atoms with E-state index in [-0.39, 0.29) is 23.2 Å². The second-order valence-electron chi connectivity index (χ2n) is 4.49. The van der Waals surface area contributed by atoms with Crippen LogP contribution in [0.25, 0.3) is 0 Å². The molecule has 0 radical (unpaired) electrons. The summed E-state index contributed by atoms with van der Waals surface area (Å²) in [6, 6.07) is 2.91. The molecule has 2 N–H and O–H groups in total. The van der Waals surface area contributed by atoms with E-state index in [0.717, 1.165) is 0 Å². The first-order valence-corrected chi connectivity index (χ1v) is 6.02. The number of carbonyl (C=O) groups is 2. The van der Waals surface area contributed by atoms with Crippen LogP contribution in [0.2, 0.25) is 0 Å². The van der Waals surface area contributed by atoms with Gasteiger partial charge in [0.2, 0.25) is 0 Å². The Morgan fingerprint density at radius 1 is 1.30 bits per heavy atom. The molecule has 20 heavy (non-hydrogen) atoms. The second-order valence-corrected chi connectivity index (χ2v) is 4.49. The number of aromatic carboxylic acids is 1. The molecule has 0 bridgehead atoms. The van der Waals surface area contributed by atoms with Gasteiger partial charge in [-0.25, -0.2) is 9.78 Å². The molecule has 104 valence electrons. The highest BCUT2D eigenvalue weighted by Gasteiger charge is 2.10. The number of carboxylic acid groups (broad SMARTS) is 1. The van der Waals surface area contributed by atoms with Crippen LogP contribution in [-0.4, -0.2) is 31.7 Å². The minimum atomic E-state index is -1.13. The zero-order valence-corrected chi connectivity index (χ0v) is 11.1. The SMILES string of the molecule is CC(C)n1cc(NC(=O)c2ccc(C(=O)O)nc2)cn1. The van der Waals surface area contributed by atoms with Gasteiger partial charge in [0, 0.05) is 18.4 Å². The average Bonchev–Trinajstić information content (AvgIpc) is 2.87. The molecule has 0 aliphatic rings. The van der Waals surface area contributed by atoms with E-state index in [2.05, 4.69) is 15.4 Å². The maximum atomic E-state index is 11.9. The van der Waals surface area contributed by atoms with Gasteiger partial charge in [0.05, 0.1) is 17.4 Å². The highest BCUT2D eigenvalue weighted by atomic mass is 16.4. The number of hydrogen-bond donors (Lipinski definition) is 2. The molecule has 0 saturated carbocycles. The van der Waals surface area contributed by atoms with Crippen LogP contribution in [0.4, 0.5) is 5.69 Å². The largest absolute Gasteiger partial charge is 0.477 e. The number of nitrogens with one attached hydrogen (secondary N) is 1. The van der Waals surface area contributed by atoms with Crippen molar-refractivity contribution < 1.29 is 14.7 Å². The molecule has 2 aromatic rings. The van der Waals surface area contributed by atoms with Gasteiger partial charge in [-0.05, 0) is 26.0 Å². The molecule has 2 heterocycles. The molecule has 7 heteroatoms. The van der Waals surface area contributed by atoms with Crippen molar-refractivity contribution in [3.05, 3.63) is 42.0 Å². The number of nitrogens with zero attached hydrogens (tertiary/aromatic N) is 3. The molecule has 0 aliphatic heterocycles. The Hall–Kier alpha value is -2.70. The van der Waals surface area contributed by atoms with E-state index in [4.69, 9.17) is 5.11 Å². The van der Waals surface area contributed by atoms with Crippen molar-refractivity contribution in [3.8, 4) is 0 Å². The van der Waals surface area contributed by atoms with Gasteiger partial charge in [-0.1, -0.05) is 0 Å². The maximum Gasteiger partial charge on any atom is 0.354 e. The van der Waals surface area contributed by atoms with Gasteiger partial charge in [-0.15, -0.1) is 0 Å². The minimum Gasteiger partial charge on any atom is -0.477 e. The normalized spacial score (nSPS) is 10.6. The molecule has 0 aromatic carbocycles. The first-order chi connectivity index (χ1) is 9.47. The fourth-order valence-electron chi connectivity index (χ4n) is 1.54. The zero-order chi connectivity index (χ0) is 14.7. The van der Waals surface area contributed by atoms with Gasteiger partial charge in [0.1, 0.15) is 5.69 Å². The molecule has 0 fully saturated rings. The quantitative estimate of drug-likeness (QED) is 0.886. The molecule has 2 rings (SSSR count). The van der Waals surface area contributed by atoms with Crippen molar-refractivity contribution in [2.45, 2.75) is 19.9 Å². The molecule has 0 unspecified atom stereocenters. The number of carboxylic acids is 1. The number of amides is 1. The third-order valence-electron chi connectivity index (χ3n) is 2.63. The molecule has 7 nitrogen and oxygen atoms in total. The van der Waals surface area contributed by atoms with Crippen LogP contribution in [0.5, 0.6) is 0 Å². The molecular formula is C13H14N4O3. The van der Waals surface area contributed by atoms with Crippen LogP contribution in [0.15, 0.2) is 30.7 Å². The van der Waals surface area contributed by atoms with Gasteiger partial charge >= 0.3 is 5.97 Å². The van der Waals surface area contributed by atoms with Crippen LogP contribution in [-0.2, 0) is 0 Å². The lowest BCUT2D eigenvalue weighted by molar-refractivity contribution is 0.0690. The van der Waals surface area contributed by atoms with Crippen LogP contribution in [0.3, 0.4) is 0 Å². The smallest absolute Gasteiger partial charge is 0.354 e. The number of anilines is 1. The molecular weight excluding hydrogens is 260 g/mol. The fourth-order valence-corrected chi connectivity index (χ4v) is 1.54. The van der Waals surface area contributed by atoms with E-state index in [1.165, 1.54) is 18.3 Å². The number of rotatable bonds is 4. The Morgan fingerprint density at radius 2 is 2.05 bits per heavy atom. The predicted octanol–water partition coefficient (Wildman–Crippen LogP) is 1.81. The second kappa shape index (κ2) is 5.52. The molecule has 0 spiro atoms. The highest BCUT2D eigenvalue weighted by molar-refractivity contribution is 6.04. The number of hydrogen-bond acceptors (Lipinski definition) is 4. The fraction of sp³-hybridized carbons (Fsp3) is 0.231. The van der Waals surface area contributed by atoms with Crippen molar-refractivity contribution in [2.75, 3.05) is 5.32 Å². The minimum absolute atomic E-state index is 0.103. The standard InChI is InChI=1S/C13H14N4O3/c1-8(2)17-7-10(6-15-17)16-12(18)9-3-4-11(13(19)20)14-5-9/h3-8H,1-2H3,(H,16,18)(H,19,20). The van der Waals surface area contributed by atoms with Gasteiger partial charge < -0.3 is 10.4 Å². The zero-order valence-electron chi connectivity index (χ0n) is 11.1. The predicted molar refractivity (Wildman–Crippen MR) is 71.8 cm³/mol. The number of carbonyl (C=O) groups excluding carboxylic acids is 1. The topological polar surface area (TPSA) is 97.1 Å². The van der Waals surface area contributed by atoms with Crippen molar-refractivity contribution in [1.29, 1.82) is 0 Å². The summed E-state index contributed by atoms with van der Waals surface area (Å²) in [5, 5.41) is 15.5. The number of aromatic nitrogens is 3. The van der Waals surface area contributed by atoms with E-state index in [9.17, 15) is 9.59 Å². The summed E-state index contributed by atoms with van der Waals surface area (Å²) in [5.74, 6) is -1.49. The monoisotopic (exact) mass is 274 g/mol. The van der Waals surface area contributed by atoms with Crippen LogP contribution in [0.1, 0.15) is 40.7 Å². The van der Waals surface area contributed by atoms with Gasteiger partial charge in [-0.2, -0.15) is 5.10 Å². The molecule has 0 aliphatic carbocycles. The first kappa shape index (κ1) is 13.7. The molecule has 1 amide bonds. The van der Waals surface area contributed by atoms with E-state index >= 15 is 0 Å². The van der Waals surface area contributed by atoms with Gasteiger partial charge in [0.15, 0.2) is 0 Å². The summed E-state index contributed by atoms with van der Waals surface area (Å²) in [5.41, 5.74) is 0.757. The van der Waals surface area contributed by atoms with Crippen LogP contribution < -0.4 is 5.32 Å². The Labute approximate surface area is 115 Å². The van der Waals surface area contributed by atoms with E-state index in [1.54, 1.807) is 17.1 Å². The van der Waals surface area contributed by atoms with Crippen molar-refractivity contribution in [1.82, 2.24) is 14.8 Å². The highest BCUT2D eigenvalue weighted by Crippen LogP contribution is 2.11. The summed E-state index contributed by atoms with van der Waals surface area (Å²) >= 11 is 0. The third kappa shape index (κ3) is 3.00. The maximum absolute atomic E-state index is 11.9. The van der Waals surface area contributed by atoms with Gasteiger partial charge in [0.25, 0.3) is 5.91 Å². The molecule has 2 aromatic heterocycles. The van der Waals surface area contributed by atoms with Crippen molar-refractivity contribution >= 4 is 17.6 Å². The van der Waals surface area contributed by atoms with Crippen molar-refractivity contribution in [2.24, 2.45) is 0 Å². The number of pyridine rings is 1. The van der Waals surface area contributed by atoms with E-state index in [1.807, 2.05) is 13.8 Å². The Kier molecular flexibility index (Phi) is 3.79. The lowest BCUT2D eigenvalue weighted by Gasteiger charge is -2.04. The lowest BCUT2D eigenvalue weighted by Crippen LogP contribution is -2.12. The summed E-state index contributed by atoms with van der Waals surface area (Å²) in [6.45, 7) is 3.96. The summed E-state index contributed by atoms with van der Waals surface area (Å²) in [6.07, 6.45) is 4.50. The average molecular weight is 274 g/mol. The third-order valence-corrected chi connectivity index (χ3v) is 2.63. The molecule has 0 saturated heterocycles. The summed E-state index contributed by atoms with van der Waals surface area (Å²) in [4.78, 5) is 26.3. The summed E-state index contributed by atoms with van der Waals surface area (Å²) < 4.78 is 1.72. The Bertz CT molecular complexity index is 631. The summed E-state index contributed by atoms with van der Waals surface area (Å²) in [7, 11) is 0. The first-order valence-electron chi connectivity index (χ1n) is 6.02. The van der Waals surface area contributed by atoms with Crippen LogP contribution in [0, 0.1) is 0 Å². The van der Waals surface area contributed by atoms with Crippen LogP contribution >= 0.6 is 0 Å². The van der Waals surface area contributed by atoms with E-state index < -0.39 is 5.97 Å². The van der Waals surface area contributed by atoms with Crippen molar-refractivity contribution in [3.63, 3.8) is 0 Å².